The van der Waals surface area contributed by atoms with Crippen molar-refractivity contribution in [2.45, 2.75) is 6.42 Å². The molecule has 0 spiro atoms. The van der Waals surface area contributed by atoms with Gasteiger partial charge >= 0.3 is 0 Å². The second-order valence-corrected chi connectivity index (χ2v) is 6.52. The maximum Gasteiger partial charge on any atom is 0.229 e. The average molecular weight is 373 g/mol. The van der Waals surface area contributed by atoms with Crippen molar-refractivity contribution in [3.05, 3.63) is 53.3 Å². The molecule has 8 heteroatoms. The van der Waals surface area contributed by atoms with Crippen LogP contribution in [0.2, 0.25) is 5.02 Å². The number of halogens is 2. The van der Waals surface area contributed by atoms with Crippen molar-refractivity contribution in [1.82, 2.24) is 10.2 Å². The van der Waals surface area contributed by atoms with Crippen LogP contribution in [0.4, 0.5) is 15.9 Å². The molecule has 4 rings (SSSR count). The molecule has 0 unspecified atom stereocenters. The van der Waals surface area contributed by atoms with Crippen LogP contribution in [0.25, 0.3) is 10.9 Å². The van der Waals surface area contributed by atoms with E-state index in [0.29, 0.717) is 11.5 Å². The minimum absolute atomic E-state index is 0.0742. The van der Waals surface area contributed by atoms with Crippen LogP contribution in [0.15, 0.2) is 42.5 Å². The lowest BCUT2D eigenvalue weighted by Gasteiger charge is -2.14. The Kier molecular flexibility index (Phi) is 4.08. The van der Waals surface area contributed by atoms with Gasteiger partial charge in [-0.3, -0.25) is 19.6 Å². The van der Waals surface area contributed by atoms with E-state index in [-0.39, 0.29) is 29.8 Å². The molecule has 2 heterocycles. The van der Waals surface area contributed by atoms with Crippen LogP contribution in [0, 0.1) is 11.7 Å². The molecule has 0 aliphatic carbocycles. The average Bonchev–Trinajstić information content (AvgIpc) is 3.21. The Hall–Kier alpha value is -2.93. The molecule has 0 saturated carbocycles. The van der Waals surface area contributed by atoms with E-state index in [9.17, 15) is 14.0 Å². The van der Waals surface area contributed by atoms with Crippen LogP contribution in [-0.2, 0) is 9.59 Å². The number of carbonyl (C=O) groups excluding carboxylic acids is 2. The molecule has 26 heavy (non-hydrogen) atoms. The van der Waals surface area contributed by atoms with Gasteiger partial charge in [0.15, 0.2) is 5.82 Å². The number of H-pyrrole nitrogens is 1. The van der Waals surface area contributed by atoms with E-state index in [0.717, 1.165) is 10.9 Å². The first-order valence-electron chi connectivity index (χ1n) is 8.02. The lowest BCUT2D eigenvalue weighted by atomic mass is 10.1. The SMILES string of the molecule is O=C(Nc1ccc(F)c(Cl)c1)[C@H]1CC(=O)N(c2n[nH]c3ccccc23)C1. The number of aromatic nitrogens is 2. The highest BCUT2D eigenvalue weighted by molar-refractivity contribution is 6.31. The summed E-state index contributed by atoms with van der Waals surface area (Å²) in [6, 6.07) is 11.4. The van der Waals surface area contributed by atoms with E-state index in [2.05, 4.69) is 15.5 Å². The van der Waals surface area contributed by atoms with E-state index in [1.54, 1.807) is 0 Å². The molecule has 1 fully saturated rings. The van der Waals surface area contributed by atoms with E-state index in [1.165, 1.54) is 23.1 Å². The summed E-state index contributed by atoms with van der Waals surface area (Å²) in [6.07, 6.45) is 0.0853. The fraction of sp³-hybridized carbons (Fsp3) is 0.167. The highest BCUT2D eigenvalue weighted by atomic mass is 35.5. The van der Waals surface area contributed by atoms with Gasteiger partial charge in [0.25, 0.3) is 0 Å². The third kappa shape index (κ3) is 2.90. The summed E-state index contributed by atoms with van der Waals surface area (Å²) in [5, 5.41) is 10.5. The first-order chi connectivity index (χ1) is 12.5. The number of amides is 2. The third-order valence-corrected chi connectivity index (χ3v) is 4.68. The maximum absolute atomic E-state index is 13.2. The fourth-order valence-electron chi connectivity index (χ4n) is 3.06. The lowest BCUT2D eigenvalue weighted by molar-refractivity contribution is -0.122. The largest absolute Gasteiger partial charge is 0.326 e. The highest BCUT2D eigenvalue weighted by Crippen LogP contribution is 2.30. The smallest absolute Gasteiger partial charge is 0.229 e. The summed E-state index contributed by atoms with van der Waals surface area (Å²) in [5.41, 5.74) is 1.21. The highest BCUT2D eigenvalue weighted by Gasteiger charge is 2.36. The molecule has 132 valence electrons. The molecule has 1 atom stereocenters. The summed E-state index contributed by atoms with van der Waals surface area (Å²) in [6.45, 7) is 0.231. The Morgan fingerprint density at radius 2 is 2.12 bits per heavy atom. The molecule has 1 aliphatic rings. The first kappa shape index (κ1) is 16.5. The van der Waals surface area contributed by atoms with Crippen LogP contribution in [0.3, 0.4) is 0 Å². The van der Waals surface area contributed by atoms with Gasteiger partial charge in [-0.15, -0.1) is 0 Å². The van der Waals surface area contributed by atoms with Gasteiger partial charge in [0.1, 0.15) is 5.82 Å². The van der Waals surface area contributed by atoms with Crippen LogP contribution in [0.5, 0.6) is 0 Å². The van der Waals surface area contributed by atoms with Crippen LogP contribution >= 0.6 is 11.6 Å². The molecule has 1 aliphatic heterocycles. The van der Waals surface area contributed by atoms with Crippen molar-refractivity contribution < 1.29 is 14.0 Å². The van der Waals surface area contributed by atoms with Crippen molar-refractivity contribution in [3.63, 3.8) is 0 Å². The van der Waals surface area contributed by atoms with Crippen molar-refractivity contribution in [2.75, 3.05) is 16.8 Å². The van der Waals surface area contributed by atoms with E-state index < -0.39 is 11.7 Å². The molecule has 1 aromatic heterocycles. The molecule has 2 aromatic carbocycles. The molecular formula is C18H14ClFN4O2. The van der Waals surface area contributed by atoms with Crippen molar-refractivity contribution in [3.8, 4) is 0 Å². The van der Waals surface area contributed by atoms with Crippen molar-refractivity contribution in [1.29, 1.82) is 0 Å². The Morgan fingerprint density at radius 3 is 2.92 bits per heavy atom. The molecule has 2 N–H and O–H groups in total. The second kappa shape index (κ2) is 6.42. The minimum Gasteiger partial charge on any atom is -0.326 e. The molecule has 2 amide bonds. The normalized spacial score (nSPS) is 17.1. The van der Waals surface area contributed by atoms with E-state index in [4.69, 9.17) is 11.6 Å². The van der Waals surface area contributed by atoms with Crippen molar-refractivity contribution in [2.24, 2.45) is 5.92 Å². The minimum atomic E-state index is -0.558. The Morgan fingerprint density at radius 1 is 1.31 bits per heavy atom. The lowest BCUT2D eigenvalue weighted by Crippen LogP contribution is -2.28. The third-order valence-electron chi connectivity index (χ3n) is 4.39. The summed E-state index contributed by atoms with van der Waals surface area (Å²) in [7, 11) is 0. The predicted octanol–water partition coefficient (Wildman–Crippen LogP) is 3.35. The summed E-state index contributed by atoms with van der Waals surface area (Å²) < 4.78 is 13.2. The van der Waals surface area contributed by atoms with Gasteiger partial charge in [0.05, 0.1) is 16.5 Å². The van der Waals surface area contributed by atoms with E-state index >= 15 is 0 Å². The molecule has 0 radical (unpaired) electrons. The Balaban J connectivity index is 1.52. The maximum atomic E-state index is 13.2. The molecular weight excluding hydrogens is 359 g/mol. The first-order valence-corrected chi connectivity index (χ1v) is 8.40. The molecule has 1 saturated heterocycles. The number of hydrogen-bond donors (Lipinski definition) is 2. The number of benzene rings is 2. The van der Waals surface area contributed by atoms with Crippen LogP contribution in [0.1, 0.15) is 6.42 Å². The Labute approximate surface area is 152 Å². The van der Waals surface area contributed by atoms with Gasteiger partial charge in [-0.05, 0) is 30.3 Å². The molecule has 6 nitrogen and oxygen atoms in total. The van der Waals surface area contributed by atoms with Gasteiger partial charge in [0.2, 0.25) is 11.8 Å². The zero-order valence-electron chi connectivity index (χ0n) is 13.5. The number of hydrogen-bond acceptors (Lipinski definition) is 3. The van der Waals surface area contributed by atoms with Gasteiger partial charge in [-0.2, -0.15) is 5.10 Å². The fourth-order valence-corrected chi connectivity index (χ4v) is 3.24. The van der Waals surface area contributed by atoms with E-state index in [1.807, 2.05) is 24.3 Å². The number of anilines is 2. The summed E-state index contributed by atoms with van der Waals surface area (Å²) >= 11 is 5.73. The zero-order valence-corrected chi connectivity index (χ0v) is 14.3. The van der Waals surface area contributed by atoms with Crippen LogP contribution < -0.4 is 10.2 Å². The van der Waals surface area contributed by atoms with Gasteiger partial charge in [-0.1, -0.05) is 23.7 Å². The second-order valence-electron chi connectivity index (χ2n) is 6.12. The van der Waals surface area contributed by atoms with Crippen LogP contribution in [-0.4, -0.2) is 28.6 Å². The molecule has 3 aromatic rings. The number of aromatic amines is 1. The Bertz CT molecular complexity index is 1020. The van der Waals surface area contributed by atoms with Gasteiger partial charge < -0.3 is 5.32 Å². The monoisotopic (exact) mass is 372 g/mol. The topological polar surface area (TPSA) is 78.1 Å². The summed E-state index contributed by atoms with van der Waals surface area (Å²) in [4.78, 5) is 26.4. The van der Waals surface area contributed by atoms with Gasteiger partial charge in [-0.25, -0.2) is 4.39 Å². The molecule has 0 bridgehead atoms. The number of nitrogens with one attached hydrogen (secondary N) is 2. The summed E-state index contributed by atoms with van der Waals surface area (Å²) in [5.74, 6) is -1.05. The van der Waals surface area contributed by atoms with Crippen molar-refractivity contribution >= 4 is 45.8 Å². The quantitative estimate of drug-likeness (QED) is 0.740. The number of carbonyl (C=O) groups is 2. The predicted molar refractivity (Wildman–Crippen MR) is 96.6 cm³/mol. The zero-order chi connectivity index (χ0) is 18.3. The van der Waals surface area contributed by atoms with Gasteiger partial charge in [0, 0.05) is 24.0 Å². The number of rotatable bonds is 3. The number of fused-ring (bicyclic) bond motifs is 1. The number of para-hydroxylation sites is 1. The number of nitrogens with zero attached hydrogens (tertiary/aromatic N) is 2. The standard InChI is InChI=1S/C18H14ClFN4O2/c19-13-8-11(5-6-14(13)20)21-18(26)10-7-16(25)24(9-10)17-12-3-1-2-4-15(12)22-23-17/h1-6,8,10H,7,9H2,(H,21,26)(H,22,23)/t10-/m0/s1.